The molecule has 38 heavy (non-hydrogen) atoms. The van der Waals surface area contributed by atoms with E-state index in [1.165, 1.54) is 15.9 Å². The SMILES string of the molecule is COC(CO[C@@H]1CCC[C@H](OCc2ccccc2)C1)CO[Si](c1ccccc1)(c1ccccc1)C(C)(C)C. The van der Waals surface area contributed by atoms with Crippen molar-refractivity contribution < 1.29 is 18.6 Å². The van der Waals surface area contributed by atoms with Crippen LogP contribution < -0.4 is 10.4 Å². The van der Waals surface area contributed by atoms with Gasteiger partial charge in [-0.15, -0.1) is 0 Å². The van der Waals surface area contributed by atoms with Crippen molar-refractivity contribution in [2.45, 2.75) is 76.4 Å². The first-order valence-electron chi connectivity index (χ1n) is 14.0. The third-order valence-corrected chi connectivity index (χ3v) is 12.7. The lowest BCUT2D eigenvalue weighted by Crippen LogP contribution is -2.67. The van der Waals surface area contributed by atoms with E-state index in [1.807, 2.05) is 6.07 Å². The van der Waals surface area contributed by atoms with E-state index in [4.69, 9.17) is 18.6 Å². The second-order valence-electron chi connectivity index (χ2n) is 11.4. The van der Waals surface area contributed by atoms with E-state index in [2.05, 4.69) is 106 Å². The van der Waals surface area contributed by atoms with Gasteiger partial charge in [0.05, 0.1) is 32.0 Å². The summed E-state index contributed by atoms with van der Waals surface area (Å²) >= 11 is 0. The highest BCUT2D eigenvalue weighted by Gasteiger charge is 2.50. The molecular formula is C33H44O4Si. The highest BCUT2D eigenvalue weighted by atomic mass is 28.4. The Labute approximate surface area is 230 Å². The highest BCUT2D eigenvalue weighted by Crippen LogP contribution is 2.37. The molecule has 4 nitrogen and oxygen atoms in total. The van der Waals surface area contributed by atoms with Crippen molar-refractivity contribution in [2.75, 3.05) is 20.3 Å². The zero-order valence-corrected chi connectivity index (χ0v) is 24.5. The van der Waals surface area contributed by atoms with Gasteiger partial charge in [0.25, 0.3) is 8.32 Å². The number of ether oxygens (including phenoxy) is 3. The number of benzene rings is 3. The summed E-state index contributed by atoms with van der Waals surface area (Å²) in [7, 11) is -0.847. The van der Waals surface area contributed by atoms with E-state index in [-0.39, 0.29) is 23.4 Å². The van der Waals surface area contributed by atoms with Gasteiger partial charge in [-0.2, -0.15) is 0 Å². The molecule has 0 bridgehead atoms. The van der Waals surface area contributed by atoms with E-state index in [0.717, 1.165) is 25.7 Å². The van der Waals surface area contributed by atoms with Crippen LogP contribution in [0.2, 0.25) is 5.04 Å². The fourth-order valence-electron chi connectivity index (χ4n) is 5.60. The molecule has 5 heteroatoms. The van der Waals surface area contributed by atoms with Crippen molar-refractivity contribution in [2.24, 2.45) is 0 Å². The molecule has 3 aromatic rings. The van der Waals surface area contributed by atoms with Gasteiger partial charge in [-0.05, 0) is 46.7 Å². The molecule has 3 atom stereocenters. The van der Waals surface area contributed by atoms with Crippen LogP contribution in [0.25, 0.3) is 0 Å². The Balaban J connectivity index is 1.39. The molecule has 0 aliphatic heterocycles. The van der Waals surface area contributed by atoms with Gasteiger partial charge in [0, 0.05) is 7.11 Å². The smallest absolute Gasteiger partial charge is 0.261 e. The quantitative estimate of drug-likeness (QED) is 0.263. The number of rotatable bonds is 12. The molecule has 0 spiro atoms. The summed E-state index contributed by atoms with van der Waals surface area (Å²) < 4.78 is 25.6. The molecule has 0 heterocycles. The van der Waals surface area contributed by atoms with Gasteiger partial charge in [-0.3, -0.25) is 0 Å². The van der Waals surface area contributed by atoms with Gasteiger partial charge in [0.2, 0.25) is 0 Å². The Morgan fingerprint density at radius 3 is 1.79 bits per heavy atom. The monoisotopic (exact) mass is 532 g/mol. The van der Waals surface area contributed by atoms with Crippen LogP contribution in [-0.4, -0.2) is 47.0 Å². The van der Waals surface area contributed by atoms with E-state index in [1.54, 1.807) is 7.11 Å². The molecule has 1 unspecified atom stereocenters. The maximum absolute atomic E-state index is 7.08. The first-order chi connectivity index (χ1) is 18.4. The minimum absolute atomic E-state index is 0.0679. The lowest BCUT2D eigenvalue weighted by molar-refractivity contribution is -0.0826. The number of hydrogen-bond acceptors (Lipinski definition) is 4. The molecule has 0 N–H and O–H groups in total. The van der Waals surface area contributed by atoms with E-state index in [0.29, 0.717) is 19.8 Å². The summed E-state index contributed by atoms with van der Waals surface area (Å²) in [6.07, 6.45) is 4.51. The first-order valence-corrected chi connectivity index (χ1v) is 15.9. The molecule has 4 rings (SSSR count). The zero-order chi connectivity index (χ0) is 26.8. The Morgan fingerprint density at radius 2 is 1.26 bits per heavy atom. The standard InChI is InChI=1S/C33H44O4Si/c1-33(2,3)38(31-19-10-6-11-20-31,32-21-12-7-13-22-32)37-26-30(34-4)25-36-29-18-14-17-28(23-29)35-24-27-15-8-5-9-16-27/h5-13,15-16,19-22,28-30H,14,17-18,23-26H2,1-4H3/t28-,29+,30?/m0/s1. The van der Waals surface area contributed by atoms with Crippen molar-refractivity contribution in [1.82, 2.24) is 0 Å². The number of methoxy groups -OCH3 is 1. The average molecular weight is 533 g/mol. The van der Waals surface area contributed by atoms with Crippen molar-refractivity contribution in [1.29, 1.82) is 0 Å². The maximum Gasteiger partial charge on any atom is 0.261 e. The summed E-state index contributed by atoms with van der Waals surface area (Å²) in [5.74, 6) is 0. The minimum atomic E-state index is -2.61. The van der Waals surface area contributed by atoms with Crippen LogP contribution in [0.15, 0.2) is 91.0 Å². The van der Waals surface area contributed by atoms with Crippen molar-refractivity contribution in [3.63, 3.8) is 0 Å². The third kappa shape index (κ3) is 7.22. The maximum atomic E-state index is 7.08. The lowest BCUT2D eigenvalue weighted by Gasteiger charge is -2.43. The molecule has 1 aliphatic carbocycles. The predicted molar refractivity (Wildman–Crippen MR) is 158 cm³/mol. The fraction of sp³-hybridized carbons (Fsp3) is 0.455. The van der Waals surface area contributed by atoms with Gasteiger partial charge in [0.1, 0.15) is 6.10 Å². The number of hydrogen-bond donors (Lipinski definition) is 0. The summed E-state index contributed by atoms with van der Waals surface area (Å²) in [6.45, 7) is 8.57. The Morgan fingerprint density at radius 1 is 0.737 bits per heavy atom. The van der Waals surface area contributed by atoms with Gasteiger partial charge >= 0.3 is 0 Å². The van der Waals surface area contributed by atoms with Crippen LogP contribution >= 0.6 is 0 Å². The molecule has 1 saturated carbocycles. The zero-order valence-electron chi connectivity index (χ0n) is 23.5. The highest BCUT2D eigenvalue weighted by molar-refractivity contribution is 6.99. The lowest BCUT2D eigenvalue weighted by atomic mass is 9.95. The van der Waals surface area contributed by atoms with Crippen LogP contribution in [0.4, 0.5) is 0 Å². The third-order valence-electron chi connectivity index (χ3n) is 7.66. The predicted octanol–water partition coefficient (Wildman–Crippen LogP) is 6.12. The topological polar surface area (TPSA) is 36.9 Å². The van der Waals surface area contributed by atoms with Gasteiger partial charge in [0.15, 0.2) is 0 Å². The second kappa shape index (κ2) is 13.7. The largest absolute Gasteiger partial charge is 0.405 e. The molecule has 1 fully saturated rings. The first kappa shape index (κ1) is 28.7. The molecule has 0 saturated heterocycles. The van der Waals surface area contributed by atoms with Gasteiger partial charge < -0.3 is 18.6 Å². The van der Waals surface area contributed by atoms with Gasteiger partial charge in [-0.25, -0.2) is 0 Å². The summed E-state index contributed by atoms with van der Waals surface area (Å²) in [6, 6.07) is 31.9. The molecule has 1 aliphatic rings. The van der Waals surface area contributed by atoms with Crippen molar-refractivity contribution in [3.8, 4) is 0 Å². The summed E-state index contributed by atoms with van der Waals surface area (Å²) in [4.78, 5) is 0. The Kier molecular flexibility index (Phi) is 10.3. The molecule has 204 valence electrons. The van der Waals surface area contributed by atoms with E-state index < -0.39 is 8.32 Å². The van der Waals surface area contributed by atoms with Crippen molar-refractivity contribution in [3.05, 3.63) is 96.6 Å². The van der Waals surface area contributed by atoms with Crippen molar-refractivity contribution >= 4 is 18.7 Å². The summed E-state index contributed by atoms with van der Waals surface area (Å²) in [5, 5.41) is 2.49. The van der Waals surface area contributed by atoms with Gasteiger partial charge in [-0.1, -0.05) is 112 Å². The molecule has 0 radical (unpaired) electrons. The molecule has 0 aromatic heterocycles. The van der Waals surface area contributed by atoms with E-state index in [9.17, 15) is 0 Å². The molecular weight excluding hydrogens is 488 g/mol. The minimum Gasteiger partial charge on any atom is -0.405 e. The molecule has 3 aromatic carbocycles. The van der Waals surface area contributed by atoms with Crippen LogP contribution in [0.5, 0.6) is 0 Å². The average Bonchev–Trinajstić information content (AvgIpc) is 2.95. The van der Waals surface area contributed by atoms with Crippen LogP contribution in [0.1, 0.15) is 52.0 Å². The van der Waals surface area contributed by atoms with Crippen LogP contribution in [-0.2, 0) is 25.2 Å². The van der Waals surface area contributed by atoms with Crippen LogP contribution in [0.3, 0.4) is 0 Å². The van der Waals surface area contributed by atoms with Crippen LogP contribution in [0, 0.1) is 0 Å². The van der Waals surface area contributed by atoms with E-state index >= 15 is 0 Å². The normalized spacial score (nSPS) is 19.3. The Bertz CT molecular complexity index is 1030. The molecule has 0 amide bonds. The summed E-state index contributed by atoms with van der Waals surface area (Å²) in [5.41, 5.74) is 1.22. The Hall–Kier alpha value is -2.28. The fourth-order valence-corrected chi connectivity index (χ4v) is 10.2. The second-order valence-corrected chi connectivity index (χ2v) is 15.7.